The Morgan fingerprint density at radius 2 is 2.29 bits per heavy atom. The number of carbonyl (C=O) groups excluding carboxylic acids is 2. The summed E-state index contributed by atoms with van der Waals surface area (Å²) in [6.07, 6.45) is 2.91. The third-order valence-corrected chi connectivity index (χ3v) is 4.51. The Hall–Kier alpha value is -1.95. The molecule has 0 unspecified atom stereocenters. The number of fused-ring (bicyclic) bond motifs is 1. The van der Waals surface area contributed by atoms with Gasteiger partial charge in [0.2, 0.25) is 11.8 Å². The van der Waals surface area contributed by atoms with Crippen molar-refractivity contribution in [3.8, 4) is 0 Å². The third kappa shape index (κ3) is 3.21. The number of aryl methyl sites for hydroxylation is 1. The van der Waals surface area contributed by atoms with Crippen LogP contribution in [0.15, 0.2) is 18.2 Å². The lowest BCUT2D eigenvalue weighted by atomic mass is 10.1. The Balaban J connectivity index is 1.74. The average Bonchev–Trinajstić information content (AvgIpc) is 2.69. The van der Waals surface area contributed by atoms with Crippen molar-refractivity contribution in [1.82, 2.24) is 10.3 Å². The van der Waals surface area contributed by atoms with Gasteiger partial charge in [-0.15, -0.1) is 0 Å². The van der Waals surface area contributed by atoms with Crippen molar-refractivity contribution in [2.24, 2.45) is 0 Å². The molecule has 21 heavy (non-hydrogen) atoms. The zero-order valence-corrected chi connectivity index (χ0v) is 12.6. The predicted octanol–water partition coefficient (Wildman–Crippen LogP) is 2.60. The number of rotatable bonds is 2. The van der Waals surface area contributed by atoms with Crippen molar-refractivity contribution in [3.05, 3.63) is 23.8 Å². The van der Waals surface area contributed by atoms with Gasteiger partial charge in [-0.05, 0) is 37.5 Å². The Morgan fingerprint density at radius 1 is 1.43 bits per heavy atom. The van der Waals surface area contributed by atoms with Crippen LogP contribution in [0, 0.1) is 6.92 Å². The smallest absolute Gasteiger partial charge is 0.248 e. The first kappa shape index (κ1) is 14.0. The number of aromatic nitrogens is 1. The minimum absolute atomic E-state index is 0.0485. The molecule has 0 saturated carbocycles. The van der Waals surface area contributed by atoms with Crippen molar-refractivity contribution in [3.63, 3.8) is 0 Å². The number of thiazole rings is 1. The summed E-state index contributed by atoms with van der Waals surface area (Å²) in [5.41, 5.74) is 2.05. The zero-order chi connectivity index (χ0) is 14.8. The van der Waals surface area contributed by atoms with Crippen LogP contribution in [0.2, 0.25) is 0 Å². The van der Waals surface area contributed by atoms with Gasteiger partial charge < -0.3 is 10.6 Å². The number of anilines is 1. The molecule has 1 atom stereocenters. The van der Waals surface area contributed by atoms with Gasteiger partial charge in [0.15, 0.2) is 5.13 Å². The first-order valence-corrected chi connectivity index (χ1v) is 7.91. The van der Waals surface area contributed by atoms with Gasteiger partial charge in [0.1, 0.15) is 6.04 Å². The van der Waals surface area contributed by atoms with Crippen LogP contribution in [0.4, 0.5) is 5.13 Å². The molecular formula is C15H17N3O2S. The summed E-state index contributed by atoms with van der Waals surface area (Å²) in [4.78, 5) is 28.2. The topological polar surface area (TPSA) is 71.1 Å². The van der Waals surface area contributed by atoms with E-state index in [-0.39, 0.29) is 11.8 Å². The van der Waals surface area contributed by atoms with E-state index in [1.54, 1.807) is 0 Å². The van der Waals surface area contributed by atoms with Gasteiger partial charge in [-0.2, -0.15) is 0 Å². The lowest BCUT2D eigenvalue weighted by Gasteiger charge is -2.14. The maximum absolute atomic E-state index is 12.3. The van der Waals surface area contributed by atoms with E-state index in [1.165, 1.54) is 16.9 Å². The van der Waals surface area contributed by atoms with Gasteiger partial charge in [-0.25, -0.2) is 4.98 Å². The van der Waals surface area contributed by atoms with Gasteiger partial charge in [0.05, 0.1) is 10.2 Å². The maximum atomic E-state index is 12.3. The molecule has 5 nitrogen and oxygen atoms in total. The van der Waals surface area contributed by atoms with E-state index in [4.69, 9.17) is 0 Å². The van der Waals surface area contributed by atoms with Crippen LogP contribution < -0.4 is 10.6 Å². The SMILES string of the molecule is Cc1ccc2nc(NC(=O)[C@H]3CCCCC(=O)N3)sc2c1. The van der Waals surface area contributed by atoms with Crippen LogP contribution in [0.3, 0.4) is 0 Å². The third-order valence-electron chi connectivity index (χ3n) is 3.57. The quantitative estimate of drug-likeness (QED) is 0.896. The normalized spacial score (nSPS) is 19.1. The van der Waals surface area contributed by atoms with E-state index < -0.39 is 6.04 Å². The highest BCUT2D eigenvalue weighted by atomic mass is 32.1. The van der Waals surface area contributed by atoms with E-state index in [0.717, 1.165) is 23.1 Å². The largest absolute Gasteiger partial charge is 0.344 e. The summed E-state index contributed by atoms with van der Waals surface area (Å²) < 4.78 is 1.05. The summed E-state index contributed by atoms with van der Waals surface area (Å²) in [5, 5.41) is 6.17. The fraction of sp³-hybridized carbons (Fsp3) is 0.400. The van der Waals surface area contributed by atoms with Crippen molar-refractivity contribution >= 4 is 38.5 Å². The molecule has 0 bridgehead atoms. The Bertz CT molecular complexity index is 695. The molecule has 1 aromatic carbocycles. The van der Waals surface area contributed by atoms with Gasteiger partial charge >= 0.3 is 0 Å². The Labute approximate surface area is 126 Å². The first-order valence-electron chi connectivity index (χ1n) is 7.09. The molecule has 1 aliphatic rings. The number of carbonyl (C=O) groups is 2. The molecule has 0 radical (unpaired) electrons. The molecule has 0 aliphatic carbocycles. The summed E-state index contributed by atoms with van der Waals surface area (Å²) in [5.74, 6) is -0.228. The van der Waals surface area contributed by atoms with Crippen LogP contribution in [0.1, 0.15) is 31.2 Å². The van der Waals surface area contributed by atoms with Crippen LogP contribution >= 0.6 is 11.3 Å². The molecule has 2 aromatic rings. The highest BCUT2D eigenvalue weighted by molar-refractivity contribution is 7.22. The van der Waals surface area contributed by atoms with E-state index in [1.807, 2.05) is 19.1 Å². The summed E-state index contributed by atoms with van der Waals surface area (Å²) >= 11 is 1.45. The minimum atomic E-state index is -0.450. The van der Waals surface area contributed by atoms with Gasteiger partial charge in [0, 0.05) is 6.42 Å². The molecule has 3 rings (SSSR count). The van der Waals surface area contributed by atoms with Crippen molar-refractivity contribution in [2.75, 3.05) is 5.32 Å². The van der Waals surface area contributed by atoms with E-state index in [0.29, 0.717) is 18.0 Å². The summed E-state index contributed by atoms with van der Waals surface area (Å²) in [6.45, 7) is 2.03. The van der Waals surface area contributed by atoms with Crippen LogP contribution in [-0.2, 0) is 9.59 Å². The monoisotopic (exact) mass is 303 g/mol. The molecule has 1 aliphatic heterocycles. The standard InChI is InChI=1S/C15H17N3O2S/c1-9-6-7-10-12(8-9)21-15(17-10)18-14(20)11-4-2-3-5-13(19)16-11/h6-8,11H,2-5H2,1H3,(H,16,19)(H,17,18,20)/t11-/m1/s1. The molecule has 1 aromatic heterocycles. The summed E-state index contributed by atoms with van der Waals surface area (Å²) in [6, 6.07) is 5.55. The number of hydrogen-bond donors (Lipinski definition) is 2. The first-order chi connectivity index (χ1) is 10.1. The molecular weight excluding hydrogens is 286 g/mol. The molecule has 2 amide bonds. The molecule has 1 saturated heterocycles. The van der Waals surface area contributed by atoms with Gasteiger partial charge in [-0.1, -0.05) is 23.8 Å². The van der Waals surface area contributed by atoms with Crippen LogP contribution in [0.25, 0.3) is 10.2 Å². The second-order valence-electron chi connectivity index (χ2n) is 5.35. The molecule has 110 valence electrons. The highest BCUT2D eigenvalue weighted by Crippen LogP contribution is 2.27. The summed E-state index contributed by atoms with van der Waals surface area (Å²) in [7, 11) is 0. The Kier molecular flexibility index (Phi) is 3.88. The number of nitrogens with zero attached hydrogens (tertiary/aromatic N) is 1. The van der Waals surface area contributed by atoms with Gasteiger partial charge in [0.25, 0.3) is 0 Å². The lowest BCUT2D eigenvalue weighted by Crippen LogP contribution is -2.42. The second kappa shape index (κ2) is 5.81. The van der Waals surface area contributed by atoms with Crippen LogP contribution in [0.5, 0.6) is 0 Å². The lowest BCUT2D eigenvalue weighted by molar-refractivity contribution is -0.125. The fourth-order valence-electron chi connectivity index (χ4n) is 2.45. The number of amides is 2. The van der Waals surface area contributed by atoms with Crippen molar-refractivity contribution in [2.45, 2.75) is 38.6 Å². The molecule has 6 heteroatoms. The molecule has 2 N–H and O–H groups in total. The predicted molar refractivity (Wildman–Crippen MR) is 83.4 cm³/mol. The maximum Gasteiger partial charge on any atom is 0.248 e. The van der Waals surface area contributed by atoms with E-state index in [9.17, 15) is 9.59 Å². The number of nitrogens with one attached hydrogen (secondary N) is 2. The highest BCUT2D eigenvalue weighted by Gasteiger charge is 2.23. The van der Waals surface area contributed by atoms with Crippen molar-refractivity contribution < 1.29 is 9.59 Å². The average molecular weight is 303 g/mol. The molecule has 1 fully saturated rings. The number of benzene rings is 1. The van der Waals surface area contributed by atoms with Crippen LogP contribution in [-0.4, -0.2) is 22.8 Å². The van der Waals surface area contributed by atoms with E-state index >= 15 is 0 Å². The molecule has 2 heterocycles. The zero-order valence-electron chi connectivity index (χ0n) is 11.8. The number of hydrogen-bond acceptors (Lipinski definition) is 4. The fourth-order valence-corrected chi connectivity index (χ4v) is 3.41. The second-order valence-corrected chi connectivity index (χ2v) is 6.38. The van der Waals surface area contributed by atoms with E-state index in [2.05, 4.69) is 21.7 Å². The minimum Gasteiger partial charge on any atom is -0.344 e. The Morgan fingerprint density at radius 3 is 3.14 bits per heavy atom. The van der Waals surface area contributed by atoms with Crippen molar-refractivity contribution in [1.29, 1.82) is 0 Å². The van der Waals surface area contributed by atoms with Gasteiger partial charge in [-0.3, -0.25) is 9.59 Å². The molecule has 0 spiro atoms.